The lowest BCUT2D eigenvalue weighted by atomic mass is 9.93. The zero-order valence-electron chi connectivity index (χ0n) is 14.1. The standard InChI is InChI=1S/C18H22N4O3/c23-17-9-14(11-22(17)12-15-4-2-8-25-15)18(24)21-7-1-3-13(10-21)16-5-6-19-20-16/h2,4-6,8,13-14H,1,3,7,9-12H2,(H,19,20)/t13-,14-/m1/s1. The van der Waals surface area contributed by atoms with Crippen LogP contribution >= 0.6 is 0 Å². The molecule has 2 amide bonds. The third-order valence-corrected chi connectivity index (χ3v) is 5.19. The third kappa shape index (κ3) is 3.31. The fraction of sp³-hybridized carbons (Fsp3) is 0.500. The molecule has 7 nitrogen and oxygen atoms in total. The highest BCUT2D eigenvalue weighted by Crippen LogP contribution is 2.28. The Balaban J connectivity index is 1.38. The number of amides is 2. The smallest absolute Gasteiger partial charge is 0.228 e. The number of hydrogen-bond donors (Lipinski definition) is 1. The number of likely N-dealkylation sites (tertiary alicyclic amines) is 2. The van der Waals surface area contributed by atoms with Crippen LogP contribution in [0.4, 0.5) is 0 Å². The Morgan fingerprint density at radius 1 is 1.36 bits per heavy atom. The molecule has 2 aliphatic heterocycles. The van der Waals surface area contributed by atoms with Crippen LogP contribution in [0.3, 0.4) is 0 Å². The molecule has 0 radical (unpaired) electrons. The van der Waals surface area contributed by atoms with Gasteiger partial charge in [-0.3, -0.25) is 14.7 Å². The molecule has 2 aliphatic rings. The Bertz CT molecular complexity index is 726. The van der Waals surface area contributed by atoms with Crippen LogP contribution in [-0.4, -0.2) is 51.4 Å². The first-order valence-corrected chi connectivity index (χ1v) is 8.79. The van der Waals surface area contributed by atoms with Crippen molar-refractivity contribution in [2.75, 3.05) is 19.6 Å². The van der Waals surface area contributed by atoms with Crippen molar-refractivity contribution in [2.24, 2.45) is 5.92 Å². The topological polar surface area (TPSA) is 82.4 Å². The van der Waals surface area contributed by atoms with E-state index in [1.807, 2.05) is 23.1 Å². The number of piperidine rings is 1. The van der Waals surface area contributed by atoms with Gasteiger partial charge in [0, 0.05) is 43.9 Å². The Morgan fingerprint density at radius 2 is 2.28 bits per heavy atom. The Morgan fingerprint density at radius 3 is 3.04 bits per heavy atom. The van der Waals surface area contributed by atoms with Gasteiger partial charge in [-0.1, -0.05) is 0 Å². The monoisotopic (exact) mass is 342 g/mol. The molecule has 1 N–H and O–H groups in total. The van der Waals surface area contributed by atoms with E-state index in [1.165, 1.54) is 0 Å². The Hall–Kier alpha value is -2.57. The van der Waals surface area contributed by atoms with Crippen LogP contribution < -0.4 is 0 Å². The maximum absolute atomic E-state index is 12.9. The lowest BCUT2D eigenvalue weighted by Crippen LogP contribution is -2.43. The van der Waals surface area contributed by atoms with Gasteiger partial charge >= 0.3 is 0 Å². The SMILES string of the molecule is O=C1C[C@@H](C(=O)N2CCC[C@@H](c3ccn[nH]3)C2)CN1Cc1ccco1. The highest BCUT2D eigenvalue weighted by molar-refractivity contribution is 5.89. The Labute approximate surface area is 146 Å². The summed E-state index contributed by atoms with van der Waals surface area (Å²) in [5.74, 6) is 0.926. The minimum Gasteiger partial charge on any atom is -0.467 e. The van der Waals surface area contributed by atoms with Crippen molar-refractivity contribution in [3.05, 3.63) is 42.1 Å². The van der Waals surface area contributed by atoms with Gasteiger partial charge in [0.1, 0.15) is 5.76 Å². The van der Waals surface area contributed by atoms with Crippen molar-refractivity contribution in [1.29, 1.82) is 0 Å². The number of carbonyl (C=O) groups excluding carboxylic acids is 2. The molecule has 0 bridgehead atoms. The molecule has 25 heavy (non-hydrogen) atoms. The molecular weight excluding hydrogens is 320 g/mol. The highest BCUT2D eigenvalue weighted by atomic mass is 16.3. The van der Waals surface area contributed by atoms with Crippen LogP contribution in [0.15, 0.2) is 35.1 Å². The van der Waals surface area contributed by atoms with E-state index >= 15 is 0 Å². The average molecular weight is 342 g/mol. The molecule has 132 valence electrons. The number of carbonyl (C=O) groups is 2. The van der Waals surface area contributed by atoms with E-state index in [0.29, 0.717) is 32.0 Å². The number of aromatic amines is 1. The first-order valence-electron chi connectivity index (χ1n) is 8.79. The van der Waals surface area contributed by atoms with Crippen LogP contribution in [0.1, 0.15) is 36.6 Å². The molecule has 2 aromatic heterocycles. The number of aromatic nitrogens is 2. The predicted octanol–water partition coefficient (Wildman–Crippen LogP) is 1.76. The summed E-state index contributed by atoms with van der Waals surface area (Å²) in [6, 6.07) is 5.63. The predicted molar refractivity (Wildman–Crippen MR) is 89.4 cm³/mol. The molecule has 2 saturated heterocycles. The molecule has 0 aliphatic carbocycles. The molecule has 0 saturated carbocycles. The molecule has 4 heterocycles. The summed E-state index contributed by atoms with van der Waals surface area (Å²) in [4.78, 5) is 28.8. The zero-order valence-corrected chi connectivity index (χ0v) is 14.1. The molecule has 0 aromatic carbocycles. The van der Waals surface area contributed by atoms with Crippen LogP contribution in [0.25, 0.3) is 0 Å². The van der Waals surface area contributed by atoms with E-state index in [1.54, 1.807) is 17.4 Å². The fourth-order valence-corrected chi connectivity index (χ4v) is 3.86. The lowest BCUT2D eigenvalue weighted by Gasteiger charge is -2.33. The van der Waals surface area contributed by atoms with Gasteiger partial charge in [-0.2, -0.15) is 5.10 Å². The second-order valence-corrected chi connectivity index (χ2v) is 6.89. The van der Waals surface area contributed by atoms with E-state index in [4.69, 9.17) is 4.42 Å². The van der Waals surface area contributed by atoms with E-state index in [0.717, 1.165) is 30.8 Å². The van der Waals surface area contributed by atoms with Crippen LogP contribution in [-0.2, 0) is 16.1 Å². The first kappa shape index (κ1) is 15.9. The van der Waals surface area contributed by atoms with E-state index in [-0.39, 0.29) is 17.7 Å². The molecule has 2 atom stereocenters. The van der Waals surface area contributed by atoms with E-state index in [2.05, 4.69) is 10.2 Å². The number of furan rings is 1. The summed E-state index contributed by atoms with van der Waals surface area (Å²) in [6.45, 7) is 2.38. The number of nitrogens with one attached hydrogen (secondary N) is 1. The number of rotatable bonds is 4. The maximum Gasteiger partial charge on any atom is 0.228 e. The molecular formula is C18H22N4O3. The van der Waals surface area contributed by atoms with Crippen LogP contribution in [0, 0.1) is 5.92 Å². The van der Waals surface area contributed by atoms with Crippen LogP contribution in [0.2, 0.25) is 0 Å². The van der Waals surface area contributed by atoms with Gasteiger partial charge in [0.05, 0.1) is 18.7 Å². The highest BCUT2D eigenvalue weighted by Gasteiger charge is 2.38. The summed E-state index contributed by atoms with van der Waals surface area (Å²) in [5.41, 5.74) is 1.08. The average Bonchev–Trinajstić information content (AvgIpc) is 3.38. The molecule has 0 spiro atoms. The van der Waals surface area contributed by atoms with Crippen molar-refractivity contribution in [1.82, 2.24) is 20.0 Å². The zero-order chi connectivity index (χ0) is 17.2. The minimum absolute atomic E-state index is 0.0249. The van der Waals surface area contributed by atoms with E-state index in [9.17, 15) is 9.59 Å². The fourth-order valence-electron chi connectivity index (χ4n) is 3.86. The molecule has 2 aromatic rings. The normalized spacial score (nSPS) is 24.1. The quantitative estimate of drug-likeness (QED) is 0.918. The molecule has 4 rings (SSSR count). The second-order valence-electron chi connectivity index (χ2n) is 6.89. The molecule has 2 fully saturated rings. The summed E-state index contributed by atoms with van der Waals surface area (Å²) in [7, 11) is 0. The summed E-state index contributed by atoms with van der Waals surface area (Å²) in [6.07, 6.45) is 5.68. The maximum atomic E-state index is 12.9. The second kappa shape index (κ2) is 6.74. The summed E-state index contributed by atoms with van der Waals surface area (Å²) in [5, 5.41) is 7.03. The number of hydrogen-bond acceptors (Lipinski definition) is 4. The Kier molecular flexibility index (Phi) is 4.29. The van der Waals surface area contributed by atoms with Crippen molar-refractivity contribution in [3.63, 3.8) is 0 Å². The minimum atomic E-state index is -0.247. The van der Waals surface area contributed by atoms with Gasteiger partial charge in [0.15, 0.2) is 0 Å². The summed E-state index contributed by atoms with van der Waals surface area (Å²) < 4.78 is 5.31. The van der Waals surface area contributed by atoms with Gasteiger partial charge in [-0.05, 0) is 31.0 Å². The van der Waals surface area contributed by atoms with Crippen molar-refractivity contribution in [2.45, 2.75) is 31.7 Å². The van der Waals surface area contributed by atoms with Gasteiger partial charge < -0.3 is 14.2 Å². The van der Waals surface area contributed by atoms with Gasteiger partial charge in [-0.15, -0.1) is 0 Å². The van der Waals surface area contributed by atoms with Gasteiger partial charge in [0.2, 0.25) is 11.8 Å². The van der Waals surface area contributed by atoms with Crippen molar-refractivity contribution in [3.8, 4) is 0 Å². The molecule has 7 heteroatoms. The summed E-state index contributed by atoms with van der Waals surface area (Å²) >= 11 is 0. The van der Waals surface area contributed by atoms with Crippen molar-refractivity contribution < 1.29 is 14.0 Å². The van der Waals surface area contributed by atoms with Crippen LogP contribution in [0.5, 0.6) is 0 Å². The van der Waals surface area contributed by atoms with Gasteiger partial charge in [0.25, 0.3) is 0 Å². The molecule has 0 unspecified atom stereocenters. The van der Waals surface area contributed by atoms with Gasteiger partial charge in [-0.25, -0.2) is 0 Å². The first-order chi connectivity index (χ1) is 12.2. The van der Waals surface area contributed by atoms with E-state index < -0.39 is 0 Å². The lowest BCUT2D eigenvalue weighted by molar-refractivity contribution is -0.137. The number of nitrogens with zero attached hydrogens (tertiary/aromatic N) is 3. The largest absolute Gasteiger partial charge is 0.467 e. The van der Waals surface area contributed by atoms with Crippen molar-refractivity contribution >= 4 is 11.8 Å². The number of H-pyrrole nitrogens is 1. The third-order valence-electron chi connectivity index (χ3n) is 5.19.